The molecule has 5 rings (SSSR count). The molecule has 0 aliphatic carbocycles. The van der Waals surface area contributed by atoms with Gasteiger partial charge in [-0.3, -0.25) is 4.79 Å². The summed E-state index contributed by atoms with van der Waals surface area (Å²) >= 11 is 0. The molecule has 1 atom stereocenters. The fourth-order valence-corrected chi connectivity index (χ4v) is 5.19. The summed E-state index contributed by atoms with van der Waals surface area (Å²) in [5.41, 5.74) is 1.02. The Balaban J connectivity index is 1.26. The summed E-state index contributed by atoms with van der Waals surface area (Å²) in [7, 11) is -3.95. The number of rotatable bonds is 6. The molecule has 33 heavy (non-hydrogen) atoms. The molecule has 1 aliphatic heterocycles. The van der Waals surface area contributed by atoms with Gasteiger partial charge in [0.1, 0.15) is 12.4 Å². The van der Waals surface area contributed by atoms with Gasteiger partial charge in [0.25, 0.3) is 5.91 Å². The quantitative estimate of drug-likeness (QED) is 0.466. The predicted octanol–water partition coefficient (Wildman–Crippen LogP) is 4.08. The van der Waals surface area contributed by atoms with Crippen molar-refractivity contribution >= 4 is 32.3 Å². The van der Waals surface area contributed by atoms with Crippen molar-refractivity contribution in [1.82, 2.24) is 4.98 Å². The van der Waals surface area contributed by atoms with Crippen LogP contribution in [0.4, 0.5) is 5.69 Å². The molecule has 7 nitrogen and oxygen atoms in total. The lowest BCUT2D eigenvalue weighted by molar-refractivity contribution is -0.123. The van der Waals surface area contributed by atoms with Crippen LogP contribution < -0.4 is 10.1 Å². The second kappa shape index (κ2) is 8.65. The van der Waals surface area contributed by atoms with E-state index in [9.17, 15) is 13.2 Å². The second-order valence-electron chi connectivity index (χ2n) is 7.60. The van der Waals surface area contributed by atoms with Crippen molar-refractivity contribution in [3.8, 4) is 5.75 Å². The predicted molar refractivity (Wildman–Crippen MR) is 123 cm³/mol. The van der Waals surface area contributed by atoms with Gasteiger partial charge in [-0.05, 0) is 42.0 Å². The van der Waals surface area contributed by atoms with Crippen LogP contribution in [0.1, 0.15) is 11.3 Å². The van der Waals surface area contributed by atoms with E-state index in [4.69, 9.17) is 9.47 Å². The largest absolute Gasteiger partial charge is 0.487 e. The highest BCUT2D eigenvalue weighted by Crippen LogP contribution is 2.31. The number of fused-ring (bicyclic) bond motifs is 2. The molecule has 0 radical (unpaired) electrons. The highest BCUT2D eigenvalue weighted by Gasteiger charge is 2.41. The lowest BCUT2D eigenvalue weighted by Crippen LogP contribution is -2.41. The summed E-state index contributed by atoms with van der Waals surface area (Å²) in [6, 6.07) is 25.2. The molecule has 2 heterocycles. The number of para-hydroxylation sites is 2. The lowest BCUT2D eigenvalue weighted by atomic mass is 10.2. The molecule has 0 saturated carbocycles. The number of nitrogens with zero attached hydrogens (tertiary/aromatic N) is 1. The number of benzene rings is 3. The molecule has 8 heteroatoms. The van der Waals surface area contributed by atoms with E-state index < -0.39 is 21.2 Å². The highest BCUT2D eigenvalue weighted by molar-refractivity contribution is 7.93. The fraction of sp³-hybridized carbons (Fsp3) is 0.120. The van der Waals surface area contributed by atoms with E-state index in [0.717, 1.165) is 16.6 Å². The molecule has 0 spiro atoms. The maximum Gasteiger partial charge on any atom is 0.269 e. The molecule has 1 aromatic heterocycles. The molecule has 0 saturated heterocycles. The SMILES string of the molecule is O=C1Nc2ccccc2S(=O)(=O)C1OCc1cccc(OCc2ccc3ccccc3n2)c1. The van der Waals surface area contributed by atoms with E-state index in [0.29, 0.717) is 11.3 Å². The average Bonchev–Trinajstić information content (AvgIpc) is 2.82. The topological polar surface area (TPSA) is 94.6 Å². The summed E-state index contributed by atoms with van der Waals surface area (Å²) < 4.78 is 37.1. The Hall–Kier alpha value is -3.75. The minimum absolute atomic E-state index is 0.0505. The zero-order valence-corrected chi connectivity index (χ0v) is 18.3. The van der Waals surface area contributed by atoms with Crippen molar-refractivity contribution in [3.63, 3.8) is 0 Å². The van der Waals surface area contributed by atoms with Gasteiger partial charge in [-0.25, -0.2) is 13.4 Å². The van der Waals surface area contributed by atoms with Gasteiger partial charge in [0.15, 0.2) is 0 Å². The van der Waals surface area contributed by atoms with Gasteiger partial charge in [0, 0.05) is 5.39 Å². The van der Waals surface area contributed by atoms with Crippen molar-refractivity contribution in [2.75, 3.05) is 5.32 Å². The number of hydrogen-bond acceptors (Lipinski definition) is 6. The number of nitrogens with one attached hydrogen (secondary N) is 1. The highest BCUT2D eigenvalue weighted by atomic mass is 32.2. The van der Waals surface area contributed by atoms with E-state index >= 15 is 0 Å². The van der Waals surface area contributed by atoms with Gasteiger partial charge in [-0.15, -0.1) is 0 Å². The summed E-state index contributed by atoms with van der Waals surface area (Å²) in [4.78, 5) is 17.0. The molecule has 4 aromatic rings. The number of hydrogen-bond donors (Lipinski definition) is 1. The Morgan fingerprint density at radius 2 is 1.70 bits per heavy atom. The summed E-state index contributed by atoms with van der Waals surface area (Å²) in [5, 5.41) is 3.65. The molecule has 1 unspecified atom stereocenters. The number of sulfone groups is 1. The third kappa shape index (κ3) is 4.30. The van der Waals surface area contributed by atoms with Crippen LogP contribution in [0.25, 0.3) is 10.9 Å². The van der Waals surface area contributed by atoms with Gasteiger partial charge in [-0.1, -0.05) is 48.5 Å². The Labute approximate surface area is 190 Å². The van der Waals surface area contributed by atoms with Crippen molar-refractivity contribution in [2.24, 2.45) is 0 Å². The van der Waals surface area contributed by atoms with Crippen LogP contribution in [-0.4, -0.2) is 24.7 Å². The van der Waals surface area contributed by atoms with E-state index in [-0.39, 0.29) is 23.8 Å². The van der Waals surface area contributed by atoms with E-state index in [2.05, 4.69) is 10.3 Å². The van der Waals surface area contributed by atoms with Crippen molar-refractivity contribution in [1.29, 1.82) is 0 Å². The van der Waals surface area contributed by atoms with Gasteiger partial charge in [0.2, 0.25) is 15.3 Å². The Kier molecular flexibility index (Phi) is 5.53. The zero-order chi connectivity index (χ0) is 22.8. The number of pyridine rings is 1. The number of amides is 1. The van der Waals surface area contributed by atoms with Gasteiger partial charge in [0.05, 0.1) is 28.4 Å². The zero-order valence-electron chi connectivity index (χ0n) is 17.5. The molecule has 0 fully saturated rings. The van der Waals surface area contributed by atoms with Gasteiger partial charge < -0.3 is 14.8 Å². The van der Waals surface area contributed by atoms with Crippen LogP contribution in [0.3, 0.4) is 0 Å². The van der Waals surface area contributed by atoms with Crippen LogP contribution in [0.5, 0.6) is 5.75 Å². The van der Waals surface area contributed by atoms with Crippen LogP contribution in [0.15, 0.2) is 89.8 Å². The standard InChI is InChI=1S/C25H20N2O5S/c28-24-25(33(29,30)23-11-4-3-10-22(23)27-24)32-15-17-6-5-8-20(14-17)31-16-19-13-12-18-7-1-2-9-21(18)26-19/h1-14,25H,15-16H2,(H,27,28). The first-order chi connectivity index (χ1) is 16.0. The van der Waals surface area contributed by atoms with Crippen LogP contribution in [-0.2, 0) is 32.6 Å². The normalized spacial score (nSPS) is 16.7. The Bertz CT molecular complexity index is 1450. The second-order valence-corrected chi connectivity index (χ2v) is 9.56. The third-order valence-electron chi connectivity index (χ3n) is 5.29. The van der Waals surface area contributed by atoms with Crippen LogP contribution in [0.2, 0.25) is 0 Å². The number of ether oxygens (including phenoxy) is 2. The minimum Gasteiger partial charge on any atom is -0.487 e. The first kappa shape index (κ1) is 21.1. The van der Waals surface area contributed by atoms with E-state index in [1.807, 2.05) is 36.4 Å². The first-order valence-corrected chi connectivity index (χ1v) is 11.9. The Morgan fingerprint density at radius 1 is 0.879 bits per heavy atom. The van der Waals surface area contributed by atoms with E-state index in [1.165, 1.54) is 6.07 Å². The molecule has 1 amide bonds. The minimum atomic E-state index is -3.95. The lowest BCUT2D eigenvalue weighted by Gasteiger charge is -2.24. The van der Waals surface area contributed by atoms with Gasteiger partial charge >= 0.3 is 0 Å². The monoisotopic (exact) mass is 460 g/mol. The van der Waals surface area contributed by atoms with Gasteiger partial charge in [-0.2, -0.15) is 0 Å². The summed E-state index contributed by atoms with van der Waals surface area (Å²) in [6.07, 6.45) is 0. The number of anilines is 1. The first-order valence-electron chi connectivity index (χ1n) is 10.3. The molecular weight excluding hydrogens is 440 g/mol. The molecule has 0 bridgehead atoms. The smallest absolute Gasteiger partial charge is 0.269 e. The maximum absolute atomic E-state index is 12.8. The maximum atomic E-state index is 12.8. The van der Waals surface area contributed by atoms with Crippen molar-refractivity contribution < 1.29 is 22.7 Å². The molecule has 1 aliphatic rings. The van der Waals surface area contributed by atoms with Crippen LogP contribution >= 0.6 is 0 Å². The van der Waals surface area contributed by atoms with Crippen molar-refractivity contribution in [2.45, 2.75) is 23.5 Å². The van der Waals surface area contributed by atoms with Crippen molar-refractivity contribution in [3.05, 3.63) is 96.2 Å². The fourth-order valence-electron chi connectivity index (χ4n) is 3.67. The average molecular weight is 461 g/mol. The van der Waals surface area contributed by atoms with E-state index in [1.54, 1.807) is 42.5 Å². The number of aromatic nitrogens is 1. The summed E-state index contributed by atoms with van der Waals surface area (Å²) in [6.45, 7) is 0.218. The molecule has 3 aromatic carbocycles. The van der Waals surface area contributed by atoms with Crippen LogP contribution in [0, 0.1) is 0 Å². The number of carbonyl (C=O) groups excluding carboxylic acids is 1. The third-order valence-corrected chi connectivity index (χ3v) is 7.17. The number of carbonyl (C=O) groups is 1. The Morgan fingerprint density at radius 3 is 2.61 bits per heavy atom. The molecule has 166 valence electrons. The molecular formula is C25H20N2O5S. The summed E-state index contributed by atoms with van der Waals surface area (Å²) in [5.74, 6) is -0.115. The molecule has 1 N–H and O–H groups in total.